The van der Waals surface area contributed by atoms with Gasteiger partial charge in [0.15, 0.2) is 0 Å². The third-order valence-electron chi connectivity index (χ3n) is 12.0. The maximum Gasteiger partial charge on any atom is 0.318 e. The number of ether oxygens (including phenoxy) is 2. The maximum atomic E-state index is 14.7. The Balaban J connectivity index is 1.12. The molecule has 12 nitrogen and oxygen atoms in total. The van der Waals surface area contributed by atoms with Crippen LogP contribution in [0.4, 0.5) is 15.9 Å². The summed E-state index contributed by atoms with van der Waals surface area (Å²) in [4.78, 5) is 14.8. The fraction of sp³-hybridized carbons (Fsp3) is 0.541. The van der Waals surface area contributed by atoms with E-state index in [1.54, 1.807) is 6.20 Å². The average molecular weight is 679 g/mol. The number of nitrogens with two attached hydrogens (primary N) is 1. The van der Waals surface area contributed by atoms with Gasteiger partial charge >= 0.3 is 6.01 Å². The van der Waals surface area contributed by atoms with E-state index in [1.807, 2.05) is 29.9 Å². The zero-order valence-electron chi connectivity index (χ0n) is 28.8. The van der Waals surface area contributed by atoms with Crippen LogP contribution >= 0.6 is 0 Å². The number of anilines is 2. The van der Waals surface area contributed by atoms with E-state index in [0.29, 0.717) is 56.4 Å². The first kappa shape index (κ1) is 31.4. The summed E-state index contributed by atoms with van der Waals surface area (Å²) in [5.41, 5.74) is 14.3. The summed E-state index contributed by atoms with van der Waals surface area (Å²) >= 11 is 0. The second-order valence-corrected chi connectivity index (χ2v) is 14.9. The van der Waals surface area contributed by atoms with Crippen LogP contribution < -0.4 is 15.4 Å². The van der Waals surface area contributed by atoms with Gasteiger partial charge in [-0.3, -0.25) is 14.3 Å². The fourth-order valence-corrected chi connectivity index (χ4v) is 9.49. The van der Waals surface area contributed by atoms with Gasteiger partial charge in [-0.2, -0.15) is 25.4 Å². The van der Waals surface area contributed by atoms with Crippen LogP contribution in [0.1, 0.15) is 77.7 Å². The Hall–Kier alpha value is -4.54. The first-order chi connectivity index (χ1) is 24.3. The molecule has 0 bridgehead atoms. The van der Waals surface area contributed by atoms with Gasteiger partial charge in [-0.25, -0.2) is 4.39 Å². The third-order valence-corrected chi connectivity index (χ3v) is 12.0. The molecule has 0 unspecified atom stereocenters. The summed E-state index contributed by atoms with van der Waals surface area (Å²) in [5.74, 6) is 0.802. The lowest BCUT2D eigenvalue weighted by Crippen LogP contribution is -2.44. The number of nitrogens with zero attached hydrogens (tertiary/aromatic N) is 9. The van der Waals surface area contributed by atoms with Crippen LogP contribution in [0.3, 0.4) is 0 Å². The van der Waals surface area contributed by atoms with E-state index < -0.39 is 11.8 Å². The molecular weight excluding hydrogens is 635 g/mol. The zero-order valence-corrected chi connectivity index (χ0v) is 28.8. The van der Waals surface area contributed by atoms with E-state index in [1.165, 1.54) is 0 Å². The summed E-state index contributed by atoms with van der Waals surface area (Å²) in [7, 11) is 1.94. The molecule has 3 atom stereocenters. The Kier molecular flexibility index (Phi) is 7.40. The molecule has 7 heterocycles. The molecule has 1 aliphatic carbocycles. The first-order valence-electron chi connectivity index (χ1n) is 17.9. The number of hydrogen-bond acceptors (Lipinski definition) is 10. The van der Waals surface area contributed by atoms with Gasteiger partial charge in [0.1, 0.15) is 36.0 Å². The fourth-order valence-electron chi connectivity index (χ4n) is 9.49. The molecule has 13 heteroatoms. The van der Waals surface area contributed by atoms with E-state index >= 15 is 0 Å². The van der Waals surface area contributed by atoms with Crippen molar-refractivity contribution in [1.29, 1.82) is 5.26 Å². The van der Waals surface area contributed by atoms with Crippen molar-refractivity contribution in [3.63, 3.8) is 0 Å². The molecule has 0 amide bonds. The lowest BCUT2D eigenvalue weighted by molar-refractivity contribution is -0.0857. The Morgan fingerprint density at radius 1 is 1.14 bits per heavy atom. The minimum Gasteiger partial charge on any atom is -0.461 e. The topological polar surface area (TPSA) is 136 Å². The zero-order chi connectivity index (χ0) is 34.2. The molecule has 260 valence electrons. The molecule has 4 aliphatic heterocycles. The lowest BCUT2D eigenvalue weighted by atomic mass is 9.72. The van der Waals surface area contributed by atoms with Crippen molar-refractivity contribution >= 4 is 11.5 Å². The highest BCUT2D eigenvalue weighted by Gasteiger charge is 2.50. The van der Waals surface area contributed by atoms with Gasteiger partial charge in [-0.1, -0.05) is 6.07 Å². The molecule has 1 spiro atoms. The van der Waals surface area contributed by atoms with Gasteiger partial charge in [0.05, 0.1) is 41.3 Å². The number of alkyl halides is 1. The largest absolute Gasteiger partial charge is 0.461 e. The summed E-state index contributed by atoms with van der Waals surface area (Å²) in [6.07, 6.45) is 7.33. The van der Waals surface area contributed by atoms with E-state index in [-0.39, 0.29) is 5.54 Å². The van der Waals surface area contributed by atoms with Crippen molar-refractivity contribution in [2.45, 2.75) is 95.3 Å². The monoisotopic (exact) mass is 678 g/mol. The minimum atomic E-state index is -0.842. The van der Waals surface area contributed by atoms with Gasteiger partial charge in [0.25, 0.3) is 0 Å². The van der Waals surface area contributed by atoms with Crippen LogP contribution in [0.2, 0.25) is 0 Å². The Labute approximate surface area is 291 Å². The summed E-state index contributed by atoms with van der Waals surface area (Å²) < 4.78 is 32.1. The molecule has 3 aromatic heterocycles. The van der Waals surface area contributed by atoms with Gasteiger partial charge < -0.3 is 20.1 Å². The number of benzene rings is 1. The van der Waals surface area contributed by atoms with E-state index in [2.05, 4.69) is 32.6 Å². The van der Waals surface area contributed by atoms with Gasteiger partial charge in [-0.15, -0.1) is 0 Å². The van der Waals surface area contributed by atoms with Crippen molar-refractivity contribution in [2.75, 3.05) is 36.9 Å². The van der Waals surface area contributed by atoms with Crippen LogP contribution in [0, 0.1) is 18.3 Å². The standard InChI is InChI=1S/C37H43FN10O2/c1-23-31-20-46(13-5-15-48(31)44-33(23)30-9-12-41-45(30)2)34-27-21-50-37(11-3-6-24-7-8-28(40)26(18-39)32(24)37)17-29(27)42-35(43-34)49-22-36-10-4-14-47(36)19-25(38)16-36/h7-9,12,25H,3-6,10-11,13-17,19-22,40H2,1-2H3/t25-,36+,37+/m1/s1. The van der Waals surface area contributed by atoms with E-state index in [4.69, 9.17) is 30.3 Å². The second-order valence-electron chi connectivity index (χ2n) is 14.9. The van der Waals surface area contributed by atoms with Crippen LogP contribution in [-0.4, -0.2) is 72.4 Å². The van der Waals surface area contributed by atoms with Crippen LogP contribution in [0.25, 0.3) is 11.4 Å². The molecule has 0 radical (unpaired) electrons. The van der Waals surface area contributed by atoms with Crippen molar-refractivity contribution in [3.05, 3.63) is 63.6 Å². The number of nitrogen functional groups attached to an aromatic ring is 1. The Morgan fingerprint density at radius 2 is 2.04 bits per heavy atom. The van der Waals surface area contributed by atoms with E-state index in [0.717, 1.165) is 109 Å². The lowest BCUT2D eigenvalue weighted by Gasteiger charge is -2.43. The minimum absolute atomic E-state index is 0.306. The highest BCUT2D eigenvalue weighted by atomic mass is 19.1. The van der Waals surface area contributed by atoms with Crippen LogP contribution in [0.5, 0.6) is 6.01 Å². The summed E-state index contributed by atoms with van der Waals surface area (Å²) in [6, 6.07) is 8.58. The quantitative estimate of drug-likeness (QED) is 0.301. The van der Waals surface area contributed by atoms with Crippen LogP contribution in [0.15, 0.2) is 24.4 Å². The molecular formula is C37H43FN10O2. The van der Waals surface area contributed by atoms with Gasteiger partial charge in [-0.05, 0) is 69.7 Å². The average Bonchev–Trinajstić information content (AvgIpc) is 3.82. The number of fused-ring (bicyclic) bond motifs is 5. The predicted octanol–water partition coefficient (Wildman–Crippen LogP) is 4.51. The number of halogens is 1. The molecule has 2 saturated heterocycles. The second kappa shape index (κ2) is 11.8. The number of hydrogen-bond donors (Lipinski definition) is 1. The molecule has 9 rings (SSSR count). The molecule has 1 aromatic carbocycles. The van der Waals surface area contributed by atoms with Crippen LogP contribution in [-0.2, 0) is 49.9 Å². The molecule has 50 heavy (non-hydrogen) atoms. The van der Waals surface area contributed by atoms with Gasteiger partial charge in [0.2, 0.25) is 0 Å². The van der Waals surface area contributed by atoms with E-state index in [9.17, 15) is 9.65 Å². The molecule has 4 aromatic rings. The predicted molar refractivity (Wildman–Crippen MR) is 184 cm³/mol. The smallest absolute Gasteiger partial charge is 0.318 e. The van der Waals surface area contributed by atoms with Gasteiger partial charge in [0, 0.05) is 68.1 Å². The normalized spacial score (nSPS) is 25.9. The SMILES string of the molecule is Cc1c(-c2ccnn2C)nn2c1CN(c1nc(OC[C@@]34CCCN3C[C@H](F)C4)nc3c1CO[C@@]1(CCCc4ccc(N)c(C#N)c41)C3)CCC2. The maximum absolute atomic E-state index is 14.7. The van der Waals surface area contributed by atoms with Crippen molar-refractivity contribution in [3.8, 4) is 23.5 Å². The van der Waals surface area contributed by atoms with Crippen molar-refractivity contribution in [2.24, 2.45) is 7.05 Å². The molecule has 0 saturated carbocycles. The summed E-state index contributed by atoms with van der Waals surface area (Å²) in [6.45, 7) is 6.33. The first-order valence-corrected chi connectivity index (χ1v) is 17.9. The Bertz CT molecular complexity index is 2030. The highest BCUT2D eigenvalue weighted by Crippen LogP contribution is 2.48. The number of aromatic nitrogens is 6. The number of rotatable bonds is 5. The number of nitriles is 1. The van der Waals surface area contributed by atoms with Crippen molar-refractivity contribution in [1.82, 2.24) is 34.4 Å². The number of aryl methyl sites for hydroxylation is 3. The molecule has 5 aliphatic rings. The molecule has 2 N–H and O–H groups in total. The Morgan fingerprint density at radius 3 is 2.88 bits per heavy atom. The molecule has 2 fully saturated rings. The highest BCUT2D eigenvalue weighted by molar-refractivity contribution is 5.64. The third kappa shape index (κ3) is 4.90. The summed E-state index contributed by atoms with van der Waals surface area (Å²) in [5, 5.41) is 19.6. The van der Waals surface area contributed by atoms with Crippen molar-refractivity contribution < 1.29 is 13.9 Å².